The van der Waals surface area contributed by atoms with Gasteiger partial charge in [-0.05, 0) is 63.8 Å². The molecule has 0 saturated heterocycles. The highest BCUT2D eigenvalue weighted by Gasteiger charge is 2.27. The molecular weight excluding hydrogens is 316 g/mol. The van der Waals surface area contributed by atoms with E-state index in [-0.39, 0.29) is 4.90 Å². The predicted octanol–water partition coefficient (Wildman–Crippen LogP) is 2.04. The second-order valence-electron chi connectivity index (χ2n) is 5.64. The predicted molar refractivity (Wildman–Crippen MR) is 86.3 cm³/mol. The van der Waals surface area contributed by atoms with E-state index in [1.807, 2.05) is 19.9 Å². The van der Waals surface area contributed by atoms with E-state index < -0.39 is 28.1 Å². The number of hydrogen-bond donors (Lipinski definition) is 1. The molecular formula is C16H22N2O4S. The molecule has 6 nitrogen and oxygen atoms in total. The maximum absolute atomic E-state index is 12.7. The molecule has 0 aliphatic carbocycles. The van der Waals surface area contributed by atoms with Crippen LogP contribution in [0.3, 0.4) is 0 Å². The van der Waals surface area contributed by atoms with Gasteiger partial charge in [0.05, 0.1) is 4.90 Å². The summed E-state index contributed by atoms with van der Waals surface area (Å²) < 4.78 is 32.5. The molecule has 0 aromatic heterocycles. The zero-order valence-electron chi connectivity index (χ0n) is 14.2. The summed E-state index contributed by atoms with van der Waals surface area (Å²) in [5.41, 5.74) is 3.02. The number of esters is 1. The molecule has 23 heavy (non-hydrogen) atoms. The molecule has 126 valence electrons. The Morgan fingerprint density at radius 3 is 2.09 bits per heavy atom. The van der Waals surface area contributed by atoms with Gasteiger partial charge in [-0.1, -0.05) is 6.07 Å². The third-order valence-corrected chi connectivity index (χ3v) is 5.54. The fourth-order valence-electron chi connectivity index (χ4n) is 2.23. The lowest BCUT2D eigenvalue weighted by Gasteiger charge is -2.19. The van der Waals surface area contributed by atoms with Gasteiger partial charge < -0.3 is 4.74 Å². The van der Waals surface area contributed by atoms with Gasteiger partial charge in [-0.2, -0.15) is 9.98 Å². The van der Waals surface area contributed by atoms with Crippen molar-refractivity contribution in [2.24, 2.45) is 0 Å². The Kier molecular flexibility index (Phi) is 5.92. The molecule has 1 N–H and O–H groups in total. The van der Waals surface area contributed by atoms with Crippen molar-refractivity contribution in [2.45, 2.75) is 58.6 Å². The largest absolute Gasteiger partial charge is 0.446 e. The van der Waals surface area contributed by atoms with Crippen molar-refractivity contribution in [3.05, 3.63) is 28.3 Å². The minimum absolute atomic E-state index is 0.183. The van der Waals surface area contributed by atoms with E-state index in [0.717, 1.165) is 11.1 Å². The number of nitriles is 1. The Labute approximate surface area is 137 Å². The molecule has 0 saturated carbocycles. The average molecular weight is 338 g/mol. The van der Waals surface area contributed by atoms with Crippen LogP contribution >= 0.6 is 0 Å². The smallest absolute Gasteiger partial charge is 0.325 e. The number of benzene rings is 1. The van der Waals surface area contributed by atoms with Crippen LogP contribution in [0.15, 0.2) is 11.0 Å². The molecule has 0 amide bonds. The molecule has 0 aliphatic rings. The van der Waals surface area contributed by atoms with Gasteiger partial charge >= 0.3 is 5.97 Å². The highest BCUT2D eigenvalue weighted by atomic mass is 32.2. The maximum Gasteiger partial charge on any atom is 0.325 e. The number of rotatable bonds is 5. The summed E-state index contributed by atoms with van der Waals surface area (Å²) in [5, 5.41) is 8.64. The van der Waals surface area contributed by atoms with Crippen molar-refractivity contribution in [1.29, 1.82) is 5.26 Å². The van der Waals surface area contributed by atoms with Crippen molar-refractivity contribution >= 4 is 16.0 Å². The third-order valence-electron chi connectivity index (χ3n) is 3.73. The molecule has 0 radical (unpaired) electrons. The Hall–Kier alpha value is -1.91. The molecule has 2 atom stereocenters. The molecule has 0 unspecified atom stereocenters. The van der Waals surface area contributed by atoms with E-state index in [2.05, 4.69) is 4.72 Å². The Morgan fingerprint density at radius 1 is 1.17 bits per heavy atom. The maximum atomic E-state index is 12.7. The van der Waals surface area contributed by atoms with Crippen LogP contribution in [0.4, 0.5) is 0 Å². The number of carbonyl (C=O) groups is 1. The van der Waals surface area contributed by atoms with Crippen LogP contribution < -0.4 is 4.72 Å². The van der Waals surface area contributed by atoms with E-state index in [9.17, 15) is 13.2 Å². The molecule has 7 heteroatoms. The fourth-order valence-corrected chi connectivity index (χ4v) is 4.03. The SMILES string of the molecule is Cc1cc(C)c(C)c(S(=O)(=O)N[C@@H](C)C(=O)O[C@@H](C)C#N)c1C. The number of nitrogens with zero attached hydrogens (tertiary/aromatic N) is 1. The van der Waals surface area contributed by atoms with Gasteiger partial charge in [0.15, 0.2) is 6.10 Å². The Bertz CT molecular complexity index is 737. The van der Waals surface area contributed by atoms with Crippen LogP contribution in [0.5, 0.6) is 0 Å². The summed E-state index contributed by atoms with van der Waals surface area (Å²) >= 11 is 0. The molecule has 0 bridgehead atoms. The molecule has 1 aromatic carbocycles. The average Bonchev–Trinajstić information content (AvgIpc) is 2.44. The van der Waals surface area contributed by atoms with E-state index >= 15 is 0 Å². The van der Waals surface area contributed by atoms with Crippen LogP contribution in [0.25, 0.3) is 0 Å². The van der Waals surface area contributed by atoms with E-state index in [4.69, 9.17) is 10.00 Å². The highest BCUT2D eigenvalue weighted by molar-refractivity contribution is 7.89. The number of ether oxygens (including phenoxy) is 1. The molecule has 0 heterocycles. The number of carbonyl (C=O) groups excluding carboxylic acids is 1. The topological polar surface area (TPSA) is 96.3 Å². The normalized spacial score (nSPS) is 14.0. The van der Waals surface area contributed by atoms with Crippen molar-refractivity contribution in [3.63, 3.8) is 0 Å². The van der Waals surface area contributed by atoms with Crippen molar-refractivity contribution in [1.82, 2.24) is 4.72 Å². The first-order chi connectivity index (χ1) is 10.5. The highest BCUT2D eigenvalue weighted by Crippen LogP contribution is 2.26. The van der Waals surface area contributed by atoms with Gasteiger partial charge in [0.25, 0.3) is 0 Å². The van der Waals surface area contributed by atoms with Crippen LogP contribution in [0.1, 0.15) is 36.1 Å². The summed E-state index contributed by atoms with van der Waals surface area (Å²) in [6.45, 7) is 9.95. The van der Waals surface area contributed by atoms with Gasteiger partial charge in [-0.15, -0.1) is 0 Å². The minimum Gasteiger partial charge on any atom is -0.446 e. The second-order valence-corrected chi connectivity index (χ2v) is 7.29. The number of sulfonamides is 1. The summed E-state index contributed by atoms with van der Waals surface area (Å²) in [4.78, 5) is 12.0. The third kappa shape index (κ3) is 4.30. The number of aryl methyl sites for hydroxylation is 2. The molecule has 0 fully saturated rings. The van der Waals surface area contributed by atoms with Crippen LogP contribution in [-0.4, -0.2) is 26.5 Å². The van der Waals surface area contributed by atoms with Crippen LogP contribution in [0, 0.1) is 39.0 Å². The monoisotopic (exact) mass is 338 g/mol. The van der Waals surface area contributed by atoms with Gasteiger partial charge in [0, 0.05) is 0 Å². The fraction of sp³-hybridized carbons (Fsp3) is 0.500. The van der Waals surface area contributed by atoms with Gasteiger partial charge in [0.1, 0.15) is 12.1 Å². The summed E-state index contributed by atoms with van der Waals surface area (Å²) in [6.07, 6.45) is -0.931. The van der Waals surface area contributed by atoms with Crippen LogP contribution in [0.2, 0.25) is 0 Å². The van der Waals surface area contributed by atoms with Gasteiger partial charge in [-0.25, -0.2) is 8.42 Å². The summed E-state index contributed by atoms with van der Waals surface area (Å²) in [7, 11) is -3.89. The van der Waals surface area contributed by atoms with Crippen molar-refractivity contribution in [2.75, 3.05) is 0 Å². The standard InChI is InChI=1S/C16H22N2O4S/c1-9-7-10(2)13(5)15(12(9)4)23(20,21)18-14(6)16(19)22-11(3)8-17/h7,11,14,18H,1-6H3/t11-,14-/m0/s1. The van der Waals surface area contributed by atoms with Gasteiger partial charge in [-0.3, -0.25) is 4.79 Å². The Morgan fingerprint density at radius 2 is 1.65 bits per heavy atom. The quantitative estimate of drug-likeness (QED) is 0.829. The lowest BCUT2D eigenvalue weighted by Crippen LogP contribution is -2.41. The van der Waals surface area contributed by atoms with Crippen molar-refractivity contribution < 1.29 is 17.9 Å². The van der Waals surface area contributed by atoms with E-state index in [1.165, 1.54) is 13.8 Å². The first-order valence-corrected chi connectivity index (χ1v) is 8.69. The van der Waals surface area contributed by atoms with E-state index in [0.29, 0.717) is 11.1 Å². The molecule has 1 rings (SSSR count). The lowest BCUT2D eigenvalue weighted by molar-refractivity contribution is -0.147. The van der Waals surface area contributed by atoms with Crippen LogP contribution in [-0.2, 0) is 19.6 Å². The van der Waals surface area contributed by atoms with Crippen molar-refractivity contribution in [3.8, 4) is 6.07 Å². The lowest BCUT2D eigenvalue weighted by atomic mass is 10.0. The zero-order valence-corrected chi connectivity index (χ0v) is 15.0. The zero-order chi connectivity index (χ0) is 17.9. The number of nitrogens with one attached hydrogen (secondary N) is 1. The second kappa shape index (κ2) is 7.11. The Balaban J connectivity index is 3.15. The molecule has 0 aliphatic heterocycles. The summed E-state index contributed by atoms with van der Waals surface area (Å²) in [5.74, 6) is -0.790. The van der Waals surface area contributed by atoms with E-state index in [1.54, 1.807) is 19.9 Å². The van der Waals surface area contributed by atoms with Gasteiger partial charge in [0.2, 0.25) is 10.0 Å². The first-order valence-electron chi connectivity index (χ1n) is 7.21. The number of hydrogen-bond acceptors (Lipinski definition) is 5. The molecule has 1 aromatic rings. The molecule has 0 spiro atoms. The summed E-state index contributed by atoms with van der Waals surface area (Å²) in [6, 6.07) is 2.60. The minimum atomic E-state index is -3.89. The first kappa shape index (κ1) is 19.1.